The first-order valence-electron chi connectivity index (χ1n) is 10.7. The van der Waals surface area contributed by atoms with Gasteiger partial charge in [-0.1, -0.05) is 19.9 Å². The number of methoxy groups -OCH3 is 2. The van der Waals surface area contributed by atoms with E-state index in [9.17, 15) is 4.79 Å². The Kier molecular flexibility index (Phi) is 6.27. The average molecular weight is 402 g/mol. The van der Waals surface area contributed by atoms with Gasteiger partial charge in [0, 0.05) is 17.9 Å². The van der Waals surface area contributed by atoms with Crippen molar-refractivity contribution >= 4 is 5.97 Å². The summed E-state index contributed by atoms with van der Waals surface area (Å²) < 4.78 is 16.9. The van der Waals surface area contributed by atoms with Crippen molar-refractivity contribution < 1.29 is 19.0 Å². The second-order valence-corrected chi connectivity index (χ2v) is 8.69. The standard InChI is InChI=1S/C24H35NO4/c1-7-23(3,8-2)22(26)29-18-11-12-24(13-14-25(4)21(24)16-18)17-9-10-19(27-5)20(15-17)28-6/h9-10,15-16,21H,7-8,11-14H2,1-6H3/t21?,24-/m0/s1. The number of nitrogens with zero attached hydrogens (tertiary/aromatic N) is 1. The number of esters is 1. The van der Waals surface area contributed by atoms with Crippen molar-refractivity contribution in [3.8, 4) is 11.5 Å². The highest BCUT2D eigenvalue weighted by atomic mass is 16.5. The Morgan fingerprint density at radius 2 is 1.86 bits per heavy atom. The van der Waals surface area contributed by atoms with E-state index in [1.54, 1.807) is 14.2 Å². The lowest BCUT2D eigenvalue weighted by Crippen LogP contribution is -2.43. The maximum absolute atomic E-state index is 12.8. The highest BCUT2D eigenvalue weighted by Gasteiger charge is 2.49. The van der Waals surface area contributed by atoms with Gasteiger partial charge in [-0.05, 0) is 70.0 Å². The van der Waals surface area contributed by atoms with Gasteiger partial charge in [0.1, 0.15) is 5.76 Å². The molecule has 1 unspecified atom stereocenters. The van der Waals surface area contributed by atoms with Crippen molar-refractivity contribution in [2.45, 2.75) is 64.3 Å². The normalized spacial score (nSPS) is 24.6. The Balaban J connectivity index is 1.90. The van der Waals surface area contributed by atoms with E-state index in [2.05, 4.69) is 30.2 Å². The van der Waals surface area contributed by atoms with Crippen LogP contribution in [0.4, 0.5) is 0 Å². The molecule has 3 rings (SSSR count). The first-order chi connectivity index (χ1) is 13.8. The van der Waals surface area contributed by atoms with Gasteiger partial charge in [-0.3, -0.25) is 9.69 Å². The lowest BCUT2D eigenvalue weighted by Gasteiger charge is -2.40. The molecule has 0 saturated carbocycles. The van der Waals surface area contributed by atoms with Gasteiger partial charge in [-0.25, -0.2) is 0 Å². The van der Waals surface area contributed by atoms with Crippen LogP contribution in [0, 0.1) is 5.41 Å². The molecular weight excluding hydrogens is 366 g/mol. The molecule has 2 aliphatic rings. The van der Waals surface area contributed by atoms with Crippen molar-refractivity contribution in [3.63, 3.8) is 0 Å². The van der Waals surface area contributed by atoms with Crippen LogP contribution in [0.1, 0.15) is 58.4 Å². The molecule has 1 fully saturated rings. The predicted octanol–water partition coefficient (Wildman–Crippen LogP) is 4.69. The molecule has 0 radical (unpaired) electrons. The molecule has 1 heterocycles. The van der Waals surface area contributed by atoms with Gasteiger partial charge in [-0.2, -0.15) is 0 Å². The second-order valence-electron chi connectivity index (χ2n) is 8.69. The zero-order chi connectivity index (χ0) is 21.2. The Morgan fingerprint density at radius 3 is 2.48 bits per heavy atom. The van der Waals surface area contributed by atoms with Crippen LogP contribution in [-0.2, 0) is 14.9 Å². The average Bonchev–Trinajstić information content (AvgIpc) is 3.09. The number of hydrogen-bond donors (Lipinski definition) is 0. The molecule has 0 amide bonds. The van der Waals surface area contributed by atoms with E-state index in [0.29, 0.717) is 0 Å². The van der Waals surface area contributed by atoms with Crippen LogP contribution in [0.2, 0.25) is 0 Å². The molecule has 0 aromatic heterocycles. The summed E-state index contributed by atoms with van der Waals surface area (Å²) in [4.78, 5) is 15.1. The number of benzene rings is 1. The van der Waals surface area contributed by atoms with E-state index in [0.717, 1.165) is 55.9 Å². The SMILES string of the molecule is CCC(C)(CC)C(=O)OC1=CC2N(C)CC[C@]2(c2ccc(OC)c(OC)c2)CC1. The summed E-state index contributed by atoms with van der Waals surface area (Å²) in [5.74, 6) is 2.22. The molecule has 1 aromatic rings. The fourth-order valence-corrected chi connectivity index (χ4v) is 4.72. The first kappa shape index (κ1) is 21.7. The molecule has 29 heavy (non-hydrogen) atoms. The van der Waals surface area contributed by atoms with Crippen LogP contribution in [0.25, 0.3) is 0 Å². The van der Waals surface area contributed by atoms with E-state index < -0.39 is 5.41 Å². The molecule has 1 aliphatic heterocycles. The van der Waals surface area contributed by atoms with E-state index in [4.69, 9.17) is 14.2 Å². The van der Waals surface area contributed by atoms with E-state index in [1.165, 1.54) is 5.56 Å². The minimum absolute atomic E-state index is 0.00300. The number of hydrogen-bond acceptors (Lipinski definition) is 5. The summed E-state index contributed by atoms with van der Waals surface area (Å²) >= 11 is 0. The minimum Gasteiger partial charge on any atom is -0.493 e. The highest BCUT2D eigenvalue weighted by Crippen LogP contribution is 2.49. The van der Waals surface area contributed by atoms with Crippen molar-refractivity contribution in [2.24, 2.45) is 5.41 Å². The lowest BCUT2D eigenvalue weighted by molar-refractivity contribution is -0.151. The van der Waals surface area contributed by atoms with E-state index in [1.807, 2.05) is 26.8 Å². The van der Waals surface area contributed by atoms with Gasteiger partial charge in [0.15, 0.2) is 11.5 Å². The zero-order valence-corrected chi connectivity index (χ0v) is 18.7. The van der Waals surface area contributed by atoms with Crippen molar-refractivity contribution in [3.05, 3.63) is 35.6 Å². The molecular formula is C24H35NO4. The van der Waals surface area contributed by atoms with Gasteiger partial charge >= 0.3 is 5.97 Å². The van der Waals surface area contributed by atoms with Gasteiger partial charge in [0.25, 0.3) is 0 Å². The number of likely N-dealkylation sites (tertiary alicyclic amines) is 1. The minimum atomic E-state index is -0.416. The third-order valence-electron chi connectivity index (χ3n) is 7.35. The molecule has 2 atom stereocenters. The van der Waals surface area contributed by atoms with Crippen LogP contribution in [-0.4, -0.2) is 44.7 Å². The first-order valence-corrected chi connectivity index (χ1v) is 10.7. The number of carbonyl (C=O) groups is 1. The van der Waals surface area contributed by atoms with Crippen LogP contribution in [0.3, 0.4) is 0 Å². The molecule has 1 aliphatic carbocycles. The maximum Gasteiger partial charge on any atom is 0.316 e. The maximum atomic E-state index is 12.8. The topological polar surface area (TPSA) is 48.0 Å². The summed E-state index contributed by atoms with van der Waals surface area (Å²) in [5, 5.41) is 0. The van der Waals surface area contributed by atoms with Crippen LogP contribution < -0.4 is 9.47 Å². The summed E-state index contributed by atoms with van der Waals surface area (Å²) in [6.45, 7) is 7.10. The summed E-state index contributed by atoms with van der Waals surface area (Å²) in [6.07, 6.45) is 6.54. The number of rotatable bonds is 7. The largest absolute Gasteiger partial charge is 0.493 e. The Hall–Kier alpha value is -2.01. The molecule has 160 valence electrons. The smallest absolute Gasteiger partial charge is 0.316 e. The summed E-state index contributed by atoms with van der Waals surface area (Å²) in [6, 6.07) is 6.46. The molecule has 5 heteroatoms. The molecule has 1 aromatic carbocycles. The predicted molar refractivity (Wildman–Crippen MR) is 114 cm³/mol. The van der Waals surface area contributed by atoms with Gasteiger partial charge < -0.3 is 14.2 Å². The highest BCUT2D eigenvalue weighted by molar-refractivity contribution is 5.77. The van der Waals surface area contributed by atoms with Crippen molar-refractivity contribution in [1.29, 1.82) is 0 Å². The van der Waals surface area contributed by atoms with Crippen molar-refractivity contribution in [1.82, 2.24) is 4.90 Å². The third-order valence-corrected chi connectivity index (χ3v) is 7.35. The fourth-order valence-electron chi connectivity index (χ4n) is 4.72. The number of likely N-dealkylation sites (N-methyl/N-ethyl adjacent to an activating group) is 1. The summed E-state index contributed by atoms with van der Waals surface area (Å²) in [5.41, 5.74) is 0.849. The molecule has 0 N–H and O–H groups in total. The molecule has 0 bridgehead atoms. The van der Waals surface area contributed by atoms with Crippen LogP contribution >= 0.6 is 0 Å². The van der Waals surface area contributed by atoms with Gasteiger partial charge in [0.2, 0.25) is 0 Å². The number of allylic oxidation sites excluding steroid dienone is 1. The third kappa shape index (κ3) is 3.77. The number of carbonyl (C=O) groups excluding carboxylic acids is 1. The number of ether oxygens (including phenoxy) is 3. The van der Waals surface area contributed by atoms with E-state index >= 15 is 0 Å². The van der Waals surface area contributed by atoms with Crippen LogP contribution in [0.5, 0.6) is 11.5 Å². The Labute approximate surface area is 175 Å². The zero-order valence-electron chi connectivity index (χ0n) is 18.7. The van der Waals surface area contributed by atoms with E-state index in [-0.39, 0.29) is 17.4 Å². The van der Waals surface area contributed by atoms with Crippen molar-refractivity contribution in [2.75, 3.05) is 27.8 Å². The van der Waals surface area contributed by atoms with Crippen LogP contribution in [0.15, 0.2) is 30.0 Å². The Morgan fingerprint density at radius 1 is 1.17 bits per heavy atom. The monoisotopic (exact) mass is 401 g/mol. The lowest BCUT2D eigenvalue weighted by atomic mass is 9.68. The van der Waals surface area contributed by atoms with Gasteiger partial charge in [-0.15, -0.1) is 0 Å². The molecule has 1 saturated heterocycles. The molecule has 0 spiro atoms. The summed E-state index contributed by atoms with van der Waals surface area (Å²) in [7, 11) is 5.48. The molecule has 5 nitrogen and oxygen atoms in total. The quantitative estimate of drug-likeness (QED) is 0.620. The fraction of sp³-hybridized carbons (Fsp3) is 0.625. The second kappa shape index (κ2) is 8.39. The number of fused-ring (bicyclic) bond motifs is 1. The van der Waals surface area contributed by atoms with Gasteiger partial charge in [0.05, 0.1) is 19.6 Å². The Bertz CT molecular complexity index is 783.